The Morgan fingerprint density at radius 1 is 1.54 bits per heavy atom. The molecule has 1 aromatic rings. The quantitative estimate of drug-likeness (QED) is 0.833. The Balaban J connectivity index is 2.13. The van der Waals surface area contributed by atoms with Crippen molar-refractivity contribution in [2.45, 2.75) is 32.9 Å². The number of nitrogens with zero attached hydrogens (tertiary/aromatic N) is 3. The van der Waals surface area contributed by atoms with E-state index in [1.807, 2.05) is 17.5 Å². The third kappa shape index (κ3) is 2.70. The molecule has 3 rings (SSSR count). The molecule has 0 fully saturated rings. The van der Waals surface area contributed by atoms with Crippen molar-refractivity contribution in [3.05, 3.63) is 44.4 Å². The molecule has 1 aromatic heterocycles. The molecule has 8 heteroatoms. The maximum atomic E-state index is 12.7. The van der Waals surface area contributed by atoms with Crippen molar-refractivity contribution < 1.29 is 9.53 Å². The van der Waals surface area contributed by atoms with Gasteiger partial charge >= 0.3 is 5.97 Å². The number of nitriles is 1. The third-order valence-corrected chi connectivity index (χ3v) is 5.45. The van der Waals surface area contributed by atoms with Crippen LogP contribution in [-0.4, -0.2) is 22.1 Å². The van der Waals surface area contributed by atoms with Gasteiger partial charge in [0, 0.05) is 4.88 Å². The minimum absolute atomic E-state index is 0.234. The summed E-state index contributed by atoms with van der Waals surface area (Å²) in [6.07, 6.45) is -0.234. The Bertz CT molecular complexity index is 816. The lowest BCUT2D eigenvalue weighted by Crippen LogP contribution is -2.38. The van der Waals surface area contributed by atoms with Crippen LogP contribution in [-0.2, 0) is 9.53 Å². The van der Waals surface area contributed by atoms with Crippen molar-refractivity contribution in [3.63, 3.8) is 0 Å². The number of thioether (sulfide) groups is 1. The van der Waals surface area contributed by atoms with Crippen molar-refractivity contribution in [1.29, 1.82) is 5.26 Å². The topological polar surface area (TPSA) is 91.7 Å². The van der Waals surface area contributed by atoms with Gasteiger partial charge in [0.2, 0.25) is 0 Å². The van der Waals surface area contributed by atoms with E-state index < -0.39 is 12.0 Å². The Labute approximate surface area is 148 Å². The second kappa shape index (κ2) is 6.34. The van der Waals surface area contributed by atoms with Crippen LogP contribution in [0, 0.1) is 11.3 Å². The van der Waals surface area contributed by atoms with Crippen LogP contribution < -0.4 is 5.73 Å². The number of hydrogen-bond donors (Lipinski definition) is 1. The predicted octanol–water partition coefficient (Wildman–Crippen LogP) is 3.08. The number of thiophene rings is 1. The van der Waals surface area contributed by atoms with Crippen LogP contribution in [0.1, 0.15) is 31.7 Å². The average Bonchev–Trinajstić information content (AvgIpc) is 3.13. The molecule has 2 aliphatic heterocycles. The number of ether oxygens (including phenoxy) is 1. The SMILES string of the molecule is CC1=C(C(=O)OC(C)C)[C@@H](c2cccs2)N2C(=N1)SC(C#N)=C2N. The van der Waals surface area contributed by atoms with Gasteiger partial charge in [-0.2, -0.15) is 5.26 Å². The molecule has 0 aromatic carbocycles. The molecule has 3 heterocycles. The number of rotatable bonds is 3. The molecule has 0 radical (unpaired) electrons. The first-order valence-electron chi connectivity index (χ1n) is 7.34. The minimum atomic E-state index is -0.429. The monoisotopic (exact) mass is 360 g/mol. The number of carbonyl (C=O) groups is 1. The highest BCUT2D eigenvalue weighted by Crippen LogP contribution is 2.46. The first kappa shape index (κ1) is 16.6. The molecule has 0 saturated heterocycles. The third-order valence-electron chi connectivity index (χ3n) is 3.55. The van der Waals surface area contributed by atoms with Crippen molar-refractivity contribution in [3.8, 4) is 6.07 Å². The standard InChI is InChI=1S/C16H16N4O2S2/c1-8(2)22-15(21)12-9(3)19-16-20(14(18)11(7-17)24-16)13(12)10-5-4-6-23-10/h4-6,8,13H,18H2,1-3H3/t13-/m1/s1. The van der Waals surface area contributed by atoms with Gasteiger partial charge in [-0.3, -0.25) is 4.90 Å². The van der Waals surface area contributed by atoms with Gasteiger partial charge in [-0.25, -0.2) is 9.79 Å². The van der Waals surface area contributed by atoms with Crippen molar-refractivity contribution in [2.24, 2.45) is 10.7 Å². The minimum Gasteiger partial charge on any atom is -0.459 e. The van der Waals surface area contributed by atoms with Gasteiger partial charge in [0.1, 0.15) is 22.8 Å². The fourth-order valence-electron chi connectivity index (χ4n) is 2.60. The van der Waals surface area contributed by atoms with E-state index in [2.05, 4.69) is 11.1 Å². The maximum Gasteiger partial charge on any atom is 0.338 e. The second-order valence-electron chi connectivity index (χ2n) is 5.56. The van der Waals surface area contributed by atoms with Gasteiger partial charge in [-0.05, 0) is 44.0 Å². The largest absolute Gasteiger partial charge is 0.459 e. The van der Waals surface area contributed by atoms with Crippen molar-refractivity contribution in [2.75, 3.05) is 0 Å². The number of aliphatic imine (C=N–C) groups is 1. The van der Waals surface area contributed by atoms with E-state index in [4.69, 9.17) is 10.5 Å². The summed E-state index contributed by atoms with van der Waals surface area (Å²) in [4.78, 5) is 20.2. The molecule has 6 nitrogen and oxygen atoms in total. The van der Waals surface area contributed by atoms with Crippen LogP contribution in [0.3, 0.4) is 0 Å². The number of amidine groups is 1. The van der Waals surface area contributed by atoms with Crippen molar-refractivity contribution in [1.82, 2.24) is 4.90 Å². The van der Waals surface area contributed by atoms with Gasteiger partial charge in [0.05, 0.1) is 17.4 Å². The van der Waals surface area contributed by atoms with Gasteiger partial charge in [0.25, 0.3) is 0 Å². The highest BCUT2D eigenvalue weighted by atomic mass is 32.2. The smallest absolute Gasteiger partial charge is 0.338 e. The zero-order valence-corrected chi connectivity index (χ0v) is 15.1. The lowest BCUT2D eigenvalue weighted by molar-refractivity contribution is -0.143. The summed E-state index contributed by atoms with van der Waals surface area (Å²) in [5.41, 5.74) is 7.20. The fourth-order valence-corrected chi connectivity index (χ4v) is 4.33. The number of nitrogens with two attached hydrogens (primary N) is 1. The molecular weight excluding hydrogens is 344 g/mol. The molecule has 24 heavy (non-hydrogen) atoms. The summed E-state index contributed by atoms with van der Waals surface area (Å²) in [6, 6.07) is 5.52. The molecule has 0 saturated carbocycles. The number of fused-ring (bicyclic) bond motifs is 1. The predicted molar refractivity (Wildman–Crippen MR) is 94.7 cm³/mol. The normalized spacial score (nSPS) is 20.2. The molecule has 0 aliphatic carbocycles. The molecule has 0 unspecified atom stereocenters. The Kier molecular flexibility index (Phi) is 4.39. The Hall–Kier alpha value is -2.24. The second-order valence-corrected chi connectivity index (χ2v) is 7.52. The average molecular weight is 360 g/mol. The van der Waals surface area contributed by atoms with Crippen molar-refractivity contribution >= 4 is 34.2 Å². The number of allylic oxidation sites excluding steroid dienone is 2. The number of hydrogen-bond acceptors (Lipinski definition) is 8. The molecule has 2 aliphatic rings. The van der Waals surface area contributed by atoms with Crippen LogP contribution >= 0.6 is 23.1 Å². The summed E-state index contributed by atoms with van der Waals surface area (Å²) in [5.74, 6) is -0.0890. The summed E-state index contributed by atoms with van der Waals surface area (Å²) in [5, 5.41) is 11.8. The van der Waals surface area contributed by atoms with Crippen LogP contribution in [0.5, 0.6) is 0 Å². The fraction of sp³-hybridized carbons (Fsp3) is 0.312. The maximum absolute atomic E-state index is 12.7. The van der Waals surface area contributed by atoms with E-state index >= 15 is 0 Å². The van der Waals surface area contributed by atoms with Gasteiger partial charge in [-0.15, -0.1) is 11.3 Å². The van der Waals surface area contributed by atoms with Crippen LogP contribution in [0.2, 0.25) is 0 Å². The highest BCUT2D eigenvalue weighted by molar-refractivity contribution is 8.17. The Morgan fingerprint density at radius 3 is 2.88 bits per heavy atom. The van der Waals surface area contributed by atoms with Gasteiger partial charge in [-0.1, -0.05) is 6.07 Å². The molecule has 2 N–H and O–H groups in total. The lowest BCUT2D eigenvalue weighted by Gasteiger charge is -2.34. The van der Waals surface area contributed by atoms with E-state index in [9.17, 15) is 10.1 Å². The van der Waals surface area contributed by atoms with Gasteiger partial charge < -0.3 is 10.5 Å². The first-order valence-corrected chi connectivity index (χ1v) is 9.04. The van der Waals surface area contributed by atoms with E-state index in [1.54, 1.807) is 25.7 Å². The van der Waals surface area contributed by atoms with E-state index in [0.29, 0.717) is 27.2 Å². The van der Waals surface area contributed by atoms with Crippen LogP contribution in [0.25, 0.3) is 0 Å². The number of carbonyl (C=O) groups excluding carboxylic acids is 1. The summed E-state index contributed by atoms with van der Waals surface area (Å²) in [6.45, 7) is 5.39. The van der Waals surface area contributed by atoms with Crippen LogP contribution in [0.4, 0.5) is 0 Å². The zero-order chi connectivity index (χ0) is 17.4. The summed E-state index contributed by atoms with van der Waals surface area (Å²) >= 11 is 2.75. The Morgan fingerprint density at radius 2 is 2.29 bits per heavy atom. The number of esters is 1. The molecule has 0 bridgehead atoms. The molecular formula is C16H16N4O2S2. The van der Waals surface area contributed by atoms with Crippen LogP contribution in [0.15, 0.2) is 44.5 Å². The summed E-state index contributed by atoms with van der Waals surface area (Å²) < 4.78 is 5.41. The van der Waals surface area contributed by atoms with E-state index in [-0.39, 0.29) is 6.10 Å². The highest BCUT2D eigenvalue weighted by Gasteiger charge is 2.43. The molecule has 0 amide bonds. The zero-order valence-electron chi connectivity index (χ0n) is 13.4. The molecule has 1 atom stereocenters. The molecule has 124 valence electrons. The van der Waals surface area contributed by atoms with E-state index in [1.165, 1.54) is 23.1 Å². The first-order chi connectivity index (χ1) is 11.4. The summed E-state index contributed by atoms with van der Waals surface area (Å²) in [7, 11) is 0. The van der Waals surface area contributed by atoms with E-state index in [0.717, 1.165) is 4.88 Å². The van der Waals surface area contributed by atoms with Gasteiger partial charge in [0.15, 0.2) is 5.17 Å². The molecule has 0 spiro atoms. The lowest BCUT2D eigenvalue weighted by atomic mass is 10.0.